The lowest BCUT2D eigenvalue weighted by Gasteiger charge is -2.32. The summed E-state index contributed by atoms with van der Waals surface area (Å²) >= 11 is 20.1. The molecule has 0 radical (unpaired) electrons. The monoisotopic (exact) mass is 562 g/mol. The van der Waals surface area contributed by atoms with E-state index < -0.39 is 6.04 Å². The molecule has 0 saturated heterocycles. The Bertz CT molecular complexity index is 1140. The molecule has 3 rings (SSSR count). The van der Waals surface area contributed by atoms with E-state index in [-0.39, 0.29) is 30.2 Å². The largest absolute Gasteiger partial charge is 0.352 e. The van der Waals surface area contributed by atoms with Crippen molar-refractivity contribution in [3.8, 4) is 0 Å². The molecule has 4 nitrogen and oxygen atoms in total. The first-order valence-corrected chi connectivity index (χ1v) is 13.9. The molecule has 0 aliphatic rings. The Morgan fingerprint density at radius 1 is 0.861 bits per heavy atom. The number of carbonyl (C=O) groups is 2. The predicted octanol–water partition coefficient (Wildman–Crippen LogP) is 7.04. The summed E-state index contributed by atoms with van der Waals surface area (Å²) in [4.78, 5) is 28.7. The average Bonchev–Trinajstić information content (AvgIpc) is 2.84. The van der Waals surface area contributed by atoms with Crippen LogP contribution in [0.25, 0.3) is 0 Å². The summed E-state index contributed by atoms with van der Waals surface area (Å²) in [5.41, 5.74) is 2.66. The quantitative estimate of drug-likeness (QED) is 0.272. The second-order valence-corrected chi connectivity index (χ2v) is 10.9. The number of nitrogens with zero attached hydrogens (tertiary/aromatic N) is 1. The number of halogens is 3. The molecule has 0 aliphatic carbocycles. The minimum Gasteiger partial charge on any atom is -0.352 e. The molecule has 2 amide bonds. The Morgan fingerprint density at radius 2 is 1.50 bits per heavy atom. The van der Waals surface area contributed by atoms with Gasteiger partial charge in [0, 0.05) is 39.8 Å². The van der Waals surface area contributed by atoms with Crippen LogP contribution in [0.5, 0.6) is 0 Å². The zero-order valence-corrected chi connectivity index (χ0v) is 23.3. The Balaban J connectivity index is 1.86. The maximum Gasteiger partial charge on any atom is 0.243 e. The van der Waals surface area contributed by atoms with Gasteiger partial charge >= 0.3 is 0 Å². The molecule has 0 aliphatic heterocycles. The molecule has 3 aromatic rings. The van der Waals surface area contributed by atoms with E-state index in [1.165, 1.54) is 11.8 Å². The van der Waals surface area contributed by atoms with Gasteiger partial charge in [-0.1, -0.05) is 83.3 Å². The Labute approximate surface area is 232 Å². The Hall–Kier alpha value is -2.18. The van der Waals surface area contributed by atoms with E-state index in [1.54, 1.807) is 35.2 Å². The van der Waals surface area contributed by atoms with Gasteiger partial charge in [-0.25, -0.2) is 0 Å². The summed E-state index contributed by atoms with van der Waals surface area (Å²) in [5.74, 6) is 0.337. The summed E-state index contributed by atoms with van der Waals surface area (Å²) in [5, 5.41) is 4.74. The average molecular weight is 564 g/mol. The highest BCUT2D eigenvalue weighted by Crippen LogP contribution is 2.28. The third kappa shape index (κ3) is 8.45. The zero-order valence-electron chi connectivity index (χ0n) is 20.2. The van der Waals surface area contributed by atoms with Crippen LogP contribution >= 0.6 is 46.6 Å². The van der Waals surface area contributed by atoms with E-state index in [9.17, 15) is 9.59 Å². The van der Waals surface area contributed by atoms with E-state index >= 15 is 0 Å². The van der Waals surface area contributed by atoms with Crippen LogP contribution < -0.4 is 5.32 Å². The SMILES string of the molecule is CC(C)NC(=O)C(Cc1ccccc1)N(Cc1ccc(Cl)cc1)C(=O)CSCc1c(Cl)cccc1Cl. The van der Waals surface area contributed by atoms with Crippen molar-refractivity contribution in [2.45, 2.75) is 44.6 Å². The lowest BCUT2D eigenvalue weighted by atomic mass is 10.0. The molecule has 1 atom stereocenters. The van der Waals surface area contributed by atoms with Gasteiger partial charge in [-0.15, -0.1) is 11.8 Å². The summed E-state index contributed by atoms with van der Waals surface area (Å²) in [6.07, 6.45) is 0.403. The molecule has 0 spiro atoms. The Morgan fingerprint density at radius 3 is 2.11 bits per heavy atom. The van der Waals surface area contributed by atoms with Crippen LogP contribution in [0.1, 0.15) is 30.5 Å². The fraction of sp³-hybridized carbons (Fsp3) is 0.286. The van der Waals surface area contributed by atoms with Crippen LogP contribution in [0.2, 0.25) is 15.1 Å². The molecule has 0 saturated carbocycles. The summed E-state index contributed by atoms with van der Waals surface area (Å²) < 4.78 is 0. The van der Waals surface area contributed by atoms with Gasteiger partial charge in [-0.05, 0) is 54.8 Å². The van der Waals surface area contributed by atoms with E-state index in [4.69, 9.17) is 34.8 Å². The van der Waals surface area contributed by atoms with Crippen molar-refractivity contribution < 1.29 is 9.59 Å². The molecule has 0 fully saturated rings. The van der Waals surface area contributed by atoms with Crippen molar-refractivity contribution in [1.82, 2.24) is 10.2 Å². The van der Waals surface area contributed by atoms with Gasteiger partial charge in [-0.3, -0.25) is 9.59 Å². The fourth-order valence-electron chi connectivity index (χ4n) is 3.71. The lowest BCUT2D eigenvalue weighted by Crippen LogP contribution is -2.52. The number of benzene rings is 3. The van der Waals surface area contributed by atoms with E-state index in [0.29, 0.717) is 27.2 Å². The van der Waals surface area contributed by atoms with Crippen molar-refractivity contribution in [2.75, 3.05) is 5.75 Å². The van der Waals surface area contributed by atoms with Crippen molar-refractivity contribution >= 4 is 58.4 Å². The molecule has 8 heteroatoms. The smallest absolute Gasteiger partial charge is 0.243 e. The highest BCUT2D eigenvalue weighted by atomic mass is 35.5. The molecular weight excluding hydrogens is 535 g/mol. The zero-order chi connectivity index (χ0) is 26.1. The number of amides is 2. The summed E-state index contributed by atoms with van der Waals surface area (Å²) in [7, 11) is 0. The summed E-state index contributed by atoms with van der Waals surface area (Å²) in [6, 6.07) is 21.7. The fourth-order valence-corrected chi connectivity index (χ4v) is 5.49. The second kappa shape index (κ2) is 13.9. The van der Waals surface area contributed by atoms with Crippen molar-refractivity contribution in [3.63, 3.8) is 0 Å². The van der Waals surface area contributed by atoms with Crippen molar-refractivity contribution in [2.24, 2.45) is 0 Å². The third-order valence-corrected chi connectivity index (χ3v) is 7.41. The van der Waals surface area contributed by atoms with E-state index in [2.05, 4.69) is 5.32 Å². The first-order valence-electron chi connectivity index (χ1n) is 11.6. The number of hydrogen-bond acceptors (Lipinski definition) is 3. The number of rotatable bonds is 11. The maximum absolute atomic E-state index is 13.6. The molecule has 1 N–H and O–H groups in total. The molecule has 36 heavy (non-hydrogen) atoms. The minimum atomic E-state index is -0.678. The van der Waals surface area contributed by atoms with Gasteiger partial charge in [0.15, 0.2) is 0 Å². The number of nitrogens with one attached hydrogen (secondary N) is 1. The van der Waals surface area contributed by atoms with Crippen molar-refractivity contribution in [3.05, 3.63) is 105 Å². The van der Waals surface area contributed by atoms with Crippen LogP contribution in [0, 0.1) is 0 Å². The topological polar surface area (TPSA) is 49.4 Å². The molecule has 190 valence electrons. The van der Waals surface area contributed by atoms with Gasteiger partial charge in [-0.2, -0.15) is 0 Å². The van der Waals surface area contributed by atoms with Gasteiger partial charge < -0.3 is 10.2 Å². The minimum absolute atomic E-state index is 0.0556. The van der Waals surface area contributed by atoms with E-state index in [0.717, 1.165) is 16.7 Å². The Kier molecular flexibility index (Phi) is 11.0. The molecule has 3 aromatic carbocycles. The molecule has 0 bridgehead atoms. The van der Waals surface area contributed by atoms with Gasteiger partial charge in [0.2, 0.25) is 11.8 Å². The highest BCUT2D eigenvalue weighted by Gasteiger charge is 2.30. The van der Waals surface area contributed by atoms with Crippen LogP contribution in [-0.4, -0.2) is 34.6 Å². The van der Waals surface area contributed by atoms with Crippen LogP contribution in [0.15, 0.2) is 72.8 Å². The molecule has 0 heterocycles. The molecular formula is C28H29Cl3N2O2S. The first kappa shape index (κ1) is 28.4. The molecule has 0 aromatic heterocycles. The van der Waals surface area contributed by atoms with Crippen LogP contribution in [0.3, 0.4) is 0 Å². The normalized spacial score (nSPS) is 11.8. The van der Waals surface area contributed by atoms with Crippen LogP contribution in [0.4, 0.5) is 0 Å². The van der Waals surface area contributed by atoms with Gasteiger partial charge in [0.25, 0.3) is 0 Å². The van der Waals surface area contributed by atoms with E-state index in [1.807, 2.05) is 56.3 Å². The van der Waals surface area contributed by atoms with Gasteiger partial charge in [0.1, 0.15) is 6.04 Å². The summed E-state index contributed by atoms with van der Waals surface area (Å²) in [6.45, 7) is 4.10. The second-order valence-electron chi connectivity index (χ2n) is 8.71. The van der Waals surface area contributed by atoms with Crippen molar-refractivity contribution in [1.29, 1.82) is 0 Å². The number of hydrogen-bond donors (Lipinski definition) is 1. The van der Waals surface area contributed by atoms with Crippen LogP contribution in [-0.2, 0) is 28.3 Å². The lowest BCUT2D eigenvalue weighted by molar-refractivity contribution is -0.139. The highest BCUT2D eigenvalue weighted by molar-refractivity contribution is 7.99. The predicted molar refractivity (Wildman–Crippen MR) is 152 cm³/mol. The molecule has 1 unspecified atom stereocenters. The number of carbonyl (C=O) groups excluding carboxylic acids is 2. The standard InChI is InChI=1S/C28H29Cl3N2O2S/c1-19(2)32-28(35)26(15-20-7-4-3-5-8-20)33(16-21-11-13-22(29)14-12-21)27(34)18-36-17-23-24(30)9-6-10-25(23)31/h3-14,19,26H,15-18H2,1-2H3,(H,32,35). The third-order valence-electron chi connectivity index (χ3n) is 5.50. The maximum atomic E-state index is 13.6. The number of thioether (sulfide) groups is 1. The first-order chi connectivity index (χ1) is 17.2. The van der Waals surface area contributed by atoms with Gasteiger partial charge in [0.05, 0.1) is 5.75 Å².